The van der Waals surface area contributed by atoms with Crippen molar-refractivity contribution in [2.75, 3.05) is 5.88 Å². The van der Waals surface area contributed by atoms with E-state index in [2.05, 4.69) is 26.0 Å². The number of hydrogen-bond donors (Lipinski definition) is 1. The number of nitrogens with two attached hydrogens (primary N) is 1. The maximum Gasteiger partial charge on any atom is 0.0432 e. The molecular formula is C10H14ClN. The molecule has 2 heteroatoms. The van der Waals surface area contributed by atoms with Crippen molar-refractivity contribution in [3.8, 4) is 0 Å². The Labute approximate surface area is 78.5 Å². The fourth-order valence-electron chi connectivity index (χ4n) is 1.08. The van der Waals surface area contributed by atoms with E-state index in [1.807, 2.05) is 6.07 Å². The van der Waals surface area contributed by atoms with Crippen molar-refractivity contribution < 1.29 is 0 Å². The summed E-state index contributed by atoms with van der Waals surface area (Å²) in [4.78, 5) is 0. The Hall–Kier alpha value is -0.530. The molecule has 66 valence electrons. The van der Waals surface area contributed by atoms with E-state index >= 15 is 0 Å². The van der Waals surface area contributed by atoms with Gasteiger partial charge in [-0.05, 0) is 30.5 Å². The third-order valence-electron chi connectivity index (χ3n) is 2.13. The first-order valence-electron chi connectivity index (χ1n) is 4.04. The highest BCUT2D eigenvalue weighted by Crippen LogP contribution is 2.15. The molecule has 0 saturated carbocycles. The molecule has 0 aliphatic heterocycles. The van der Waals surface area contributed by atoms with Gasteiger partial charge < -0.3 is 5.73 Å². The Balaban J connectivity index is 2.96. The van der Waals surface area contributed by atoms with Crippen molar-refractivity contribution in [3.63, 3.8) is 0 Å². The van der Waals surface area contributed by atoms with E-state index < -0.39 is 0 Å². The van der Waals surface area contributed by atoms with Crippen molar-refractivity contribution in [2.24, 2.45) is 5.73 Å². The van der Waals surface area contributed by atoms with Crippen molar-refractivity contribution in [2.45, 2.75) is 19.9 Å². The second-order valence-corrected chi connectivity index (χ2v) is 3.41. The number of benzene rings is 1. The summed E-state index contributed by atoms with van der Waals surface area (Å²) in [5.41, 5.74) is 9.46. The Morgan fingerprint density at radius 2 is 2.00 bits per heavy atom. The van der Waals surface area contributed by atoms with Gasteiger partial charge in [0.2, 0.25) is 0 Å². The Bertz CT molecular complexity index is 271. The Kier molecular flexibility index (Phi) is 3.12. The lowest BCUT2D eigenvalue weighted by Gasteiger charge is -2.09. The summed E-state index contributed by atoms with van der Waals surface area (Å²) < 4.78 is 0. The van der Waals surface area contributed by atoms with Crippen molar-refractivity contribution in [1.82, 2.24) is 0 Å². The predicted octanol–water partition coefficient (Wildman–Crippen LogP) is 2.54. The summed E-state index contributed by atoms with van der Waals surface area (Å²) in [7, 11) is 0. The maximum atomic E-state index is 5.78. The molecule has 1 aromatic rings. The molecule has 0 fully saturated rings. The van der Waals surface area contributed by atoms with Crippen LogP contribution in [-0.2, 0) is 0 Å². The van der Waals surface area contributed by atoms with E-state index in [0.717, 1.165) is 5.56 Å². The molecule has 0 saturated heterocycles. The average Bonchev–Trinajstić information content (AvgIpc) is 2.08. The summed E-state index contributed by atoms with van der Waals surface area (Å²) >= 11 is 5.65. The van der Waals surface area contributed by atoms with E-state index in [-0.39, 0.29) is 6.04 Å². The van der Waals surface area contributed by atoms with Gasteiger partial charge in [-0.25, -0.2) is 0 Å². The van der Waals surface area contributed by atoms with Gasteiger partial charge in [-0.3, -0.25) is 0 Å². The quantitative estimate of drug-likeness (QED) is 0.701. The molecule has 1 unspecified atom stereocenters. The molecule has 0 aromatic heterocycles. The normalized spacial score (nSPS) is 13.0. The molecule has 1 aromatic carbocycles. The van der Waals surface area contributed by atoms with E-state index in [4.69, 9.17) is 17.3 Å². The van der Waals surface area contributed by atoms with Crippen LogP contribution in [0.5, 0.6) is 0 Å². The zero-order chi connectivity index (χ0) is 9.14. The summed E-state index contributed by atoms with van der Waals surface area (Å²) in [6.07, 6.45) is 0. The number of halogens is 1. The van der Waals surface area contributed by atoms with Crippen LogP contribution in [0.1, 0.15) is 22.7 Å². The van der Waals surface area contributed by atoms with E-state index in [1.54, 1.807) is 0 Å². The van der Waals surface area contributed by atoms with Crippen molar-refractivity contribution in [1.29, 1.82) is 0 Å². The van der Waals surface area contributed by atoms with E-state index in [0.29, 0.717) is 5.88 Å². The lowest BCUT2D eigenvalue weighted by atomic mass is 10.0. The van der Waals surface area contributed by atoms with Crippen LogP contribution in [0.2, 0.25) is 0 Å². The minimum Gasteiger partial charge on any atom is -0.323 e. The third-order valence-corrected chi connectivity index (χ3v) is 2.46. The first-order valence-corrected chi connectivity index (χ1v) is 4.57. The smallest absolute Gasteiger partial charge is 0.0432 e. The average molecular weight is 184 g/mol. The van der Waals surface area contributed by atoms with Gasteiger partial charge in [-0.1, -0.05) is 18.2 Å². The standard InChI is InChI=1S/C10H14ClN/c1-7-3-4-9(5-8(7)2)10(12)6-11/h3-5,10H,6,12H2,1-2H3. The van der Waals surface area contributed by atoms with Crippen molar-refractivity contribution in [3.05, 3.63) is 34.9 Å². The summed E-state index contributed by atoms with van der Waals surface area (Å²) in [5, 5.41) is 0. The SMILES string of the molecule is Cc1ccc(C(N)CCl)cc1C. The largest absolute Gasteiger partial charge is 0.323 e. The molecule has 0 radical (unpaired) electrons. The maximum absolute atomic E-state index is 5.78. The molecule has 1 atom stereocenters. The lowest BCUT2D eigenvalue weighted by molar-refractivity contribution is 0.824. The summed E-state index contributed by atoms with van der Waals surface area (Å²) in [6, 6.07) is 6.18. The van der Waals surface area contributed by atoms with Gasteiger partial charge in [0.15, 0.2) is 0 Å². The highest BCUT2D eigenvalue weighted by Gasteiger charge is 2.04. The van der Waals surface area contributed by atoms with Gasteiger partial charge in [0.1, 0.15) is 0 Å². The van der Waals surface area contributed by atoms with Crippen LogP contribution in [0.15, 0.2) is 18.2 Å². The molecule has 0 spiro atoms. The first-order chi connectivity index (χ1) is 5.65. The van der Waals surface area contributed by atoms with Crippen LogP contribution in [0.25, 0.3) is 0 Å². The van der Waals surface area contributed by atoms with Crippen LogP contribution < -0.4 is 5.73 Å². The van der Waals surface area contributed by atoms with Crippen LogP contribution in [0.4, 0.5) is 0 Å². The second-order valence-electron chi connectivity index (χ2n) is 3.10. The number of hydrogen-bond acceptors (Lipinski definition) is 1. The van der Waals surface area contributed by atoms with Crippen LogP contribution in [0, 0.1) is 13.8 Å². The number of alkyl halides is 1. The highest BCUT2D eigenvalue weighted by atomic mass is 35.5. The molecule has 0 amide bonds. The molecule has 0 aliphatic rings. The first kappa shape index (κ1) is 9.56. The van der Waals surface area contributed by atoms with Gasteiger partial charge >= 0.3 is 0 Å². The van der Waals surface area contributed by atoms with Gasteiger partial charge in [0.25, 0.3) is 0 Å². The summed E-state index contributed by atoms with van der Waals surface area (Å²) in [6.45, 7) is 4.17. The predicted molar refractivity (Wildman–Crippen MR) is 53.6 cm³/mol. The zero-order valence-corrected chi connectivity index (χ0v) is 8.23. The minimum atomic E-state index is -0.0361. The van der Waals surface area contributed by atoms with Gasteiger partial charge in [0, 0.05) is 11.9 Å². The van der Waals surface area contributed by atoms with Gasteiger partial charge in [0.05, 0.1) is 0 Å². The fraction of sp³-hybridized carbons (Fsp3) is 0.400. The number of rotatable bonds is 2. The van der Waals surface area contributed by atoms with E-state index in [9.17, 15) is 0 Å². The van der Waals surface area contributed by atoms with Crippen molar-refractivity contribution >= 4 is 11.6 Å². The lowest BCUT2D eigenvalue weighted by Crippen LogP contribution is -2.11. The minimum absolute atomic E-state index is 0.0361. The van der Waals surface area contributed by atoms with E-state index in [1.165, 1.54) is 11.1 Å². The fourth-order valence-corrected chi connectivity index (χ4v) is 1.26. The van der Waals surface area contributed by atoms with Crippen LogP contribution in [-0.4, -0.2) is 5.88 Å². The molecule has 12 heavy (non-hydrogen) atoms. The number of aryl methyl sites for hydroxylation is 2. The Morgan fingerprint density at radius 3 is 2.50 bits per heavy atom. The Morgan fingerprint density at radius 1 is 1.33 bits per heavy atom. The molecule has 0 heterocycles. The third kappa shape index (κ3) is 1.99. The highest BCUT2D eigenvalue weighted by molar-refractivity contribution is 6.18. The molecule has 2 N–H and O–H groups in total. The summed E-state index contributed by atoms with van der Waals surface area (Å²) in [5.74, 6) is 0.475. The monoisotopic (exact) mass is 183 g/mol. The molecule has 0 aliphatic carbocycles. The van der Waals surface area contributed by atoms with Gasteiger partial charge in [-0.15, -0.1) is 11.6 Å². The topological polar surface area (TPSA) is 26.0 Å². The molecule has 1 nitrogen and oxygen atoms in total. The second kappa shape index (κ2) is 3.92. The van der Waals surface area contributed by atoms with Gasteiger partial charge in [-0.2, -0.15) is 0 Å². The molecular weight excluding hydrogens is 170 g/mol. The molecule has 1 rings (SSSR count). The molecule has 0 bridgehead atoms. The zero-order valence-electron chi connectivity index (χ0n) is 7.47. The van der Waals surface area contributed by atoms with Crippen LogP contribution in [0.3, 0.4) is 0 Å². The van der Waals surface area contributed by atoms with Crippen LogP contribution >= 0.6 is 11.6 Å².